The molecule has 0 aliphatic rings. The maximum Gasteiger partial charge on any atom is 0.276 e. The number of nitrogens with one attached hydrogen (secondary N) is 1. The smallest absolute Gasteiger partial charge is 0.276 e. The number of hydrogen-bond donors (Lipinski definition) is 1. The fourth-order valence-electron chi connectivity index (χ4n) is 1.96. The lowest BCUT2D eigenvalue weighted by Gasteiger charge is -2.10. The number of carbonyl (C=O) groups is 1. The number of fused-ring (bicyclic) bond motifs is 1. The molecule has 1 aromatic heterocycles. The van der Waals surface area contributed by atoms with Gasteiger partial charge in [0.05, 0.1) is 5.56 Å². The Morgan fingerprint density at radius 1 is 1.17 bits per heavy atom. The van der Waals surface area contributed by atoms with E-state index in [1.165, 1.54) is 12.1 Å². The van der Waals surface area contributed by atoms with Crippen LogP contribution >= 0.6 is 34.8 Å². The van der Waals surface area contributed by atoms with Crippen molar-refractivity contribution in [3.8, 4) is 11.5 Å². The zero-order valence-electron chi connectivity index (χ0n) is 11.3. The first-order valence-corrected chi connectivity index (χ1v) is 7.51. The van der Waals surface area contributed by atoms with Crippen LogP contribution in [-0.4, -0.2) is 14.7 Å². The van der Waals surface area contributed by atoms with Gasteiger partial charge in [-0.3, -0.25) is 4.79 Å². The third-order valence-electron chi connectivity index (χ3n) is 3.01. The molecule has 1 N–H and O–H groups in total. The molecule has 0 atom stereocenters. The first-order chi connectivity index (χ1) is 10.8. The van der Waals surface area contributed by atoms with Gasteiger partial charge in [-0.1, -0.05) is 46.9 Å². The average molecular weight is 374 g/mol. The van der Waals surface area contributed by atoms with E-state index in [9.17, 15) is 9.18 Å². The van der Waals surface area contributed by atoms with Crippen LogP contribution < -0.4 is 5.32 Å². The van der Waals surface area contributed by atoms with Gasteiger partial charge in [0.25, 0.3) is 9.70 Å². The Hall–Kier alpha value is -1.82. The highest BCUT2D eigenvalue weighted by atomic mass is 35.6. The average Bonchev–Trinajstić information content (AvgIpc) is 2.89. The van der Waals surface area contributed by atoms with Crippen molar-refractivity contribution >= 4 is 57.5 Å². The Balaban J connectivity index is 1.96. The number of carbonyl (C=O) groups excluding carboxylic acids is 1. The van der Waals surface area contributed by atoms with Crippen molar-refractivity contribution in [1.82, 2.24) is 4.98 Å². The predicted molar refractivity (Wildman–Crippen MR) is 88.3 cm³/mol. The molecule has 0 aliphatic carbocycles. The van der Waals surface area contributed by atoms with Crippen LogP contribution in [-0.2, 0) is 4.79 Å². The van der Waals surface area contributed by atoms with E-state index in [4.69, 9.17) is 39.2 Å². The number of amides is 1. The minimum Gasteiger partial charge on any atom is -0.436 e. The number of halogens is 4. The second-order valence-corrected chi connectivity index (χ2v) is 6.91. The van der Waals surface area contributed by atoms with E-state index in [1.807, 2.05) is 0 Å². The van der Waals surface area contributed by atoms with Crippen LogP contribution in [0.25, 0.3) is 22.6 Å². The summed E-state index contributed by atoms with van der Waals surface area (Å²) in [4.78, 5) is 15.9. The van der Waals surface area contributed by atoms with E-state index in [1.54, 1.807) is 30.3 Å². The fraction of sp³-hybridized carbons (Fsp3) is 0.0667. The molecule has 1 heterocycles. The number of alkyl halides is 3. The molecule has 0 saturated carbocycles. The number of hydrogen-bond acceptors (Lipinski definition) is 3. The Kier molecular flexibility index (Phi) is 4.19. The van der Waals surface area contributed by atoms with Crippen LogP contribution in [0.5, 0.6) is 0 Å². The van der Waals surface area contributed by atoms with Crippen LogP contribution in [0, 0.1) is 5.82 Å². The topological polar surface area (TPSA) is 55.1 Å². The second-order valence-electron chi connectivity index (χ2n) is 4.63. The summed E-state index contributed by atoms with van der Waals surface area (Å²) >= 11 is 16.5. The van der Waals surface area contributed by atoms with Crippen LogP contribution in [0.3, 0.4) is 0 Å². The minimum atomic E-state index is -2.07. The van der Waals surface area contributed by atoms with Crippen molar-refractivity contribution < 1.29 is 13.6 Å². The van der Waals surface area contributed by atoms with Gasteiger partial charge in [0.2, 0.25) is 5.89 Å². The first kappa shape index (κ1) is 16.1. The van der Waals surface area contributed by atoms with Crippen LogP contribution in [0.4, 0.5) is 10.1 Å². The molecule has 0 aliphatic heterocycles. The predicted octanol–water partition coefficient (Wildman–Crippen LogP) is 4.94. The number of rotatable bonds is 2. The number of benzene rings is 2. The lowest BCUT2D eigenvalue weighted by atomic mass is 10.2. The number of nitrogens with zero attached hydrogens (tertiary/aromatic N) is 1. The summed E-state index contributed by atoms with van der Waals surface area (Å²) in [6.45, 7) is 0. The van der Waals surface area contributed by atoms with Gasteiger partial charge in [-0.15, -0.1) is 0 Å². The Labute approximate surface area is 145 Å². The summed E-state index contributed by atoms with van der Waals surface area (Å²) in [5.41, 5.74) is 1.50. The molecule has 0 fully saturated rings. The second kappa shape index (κ2) is 6.00. The van der Waals surface area contributed by atoms with E-state index >= 15 is 0 Å². The summed E-state index contributed by atoms with van der Waals surface area (Å²) in [6.07, 6.45) is 0. The van der Waals surface area contributed by atoms with Crippen molar-refractivity contribution in [1.29, 1.82) is 0 Å². The van der Waals surface area contributed by atoms with Gasteiger partial charge in [0.1, 0.15) is 11.3 Å². The van der Waals surface area contributed by atoms with Crippen LogP contribution in [0.2, 0.25) is 0 Å². The van der Waals surface area contributed by atoms with Gasteiger partial charge in [-0.2, -0.15) is 0 Å². The largest absolute Gasteiger partial charge is 0.436 e. The molecular formula is C15H8Cl3FN2O2. The molecule has 0 bridgehead atoms. The van der Waals surface area contributed by atoms with E-state index in [2.05, 4.69) is 10.3 Å². The van der Waals surface area contributed by atoms with Crippen molar-refractivity contribution in [2.75, 3.05) is 5.32 Å². The van der Waals surface area contributed by atoms with E-state index in [0.717, 1.165) is 0 Å². The normalized spacial score (nSPS) is 11.7. The van der Waals surface area contributed by atoms with Crippen molar-refractivity contribution in [3.63, 3.8) is 0 Å². The SMILES string of the molecule is O=C(Nc1ccc2oc(-c3ccccc3F)nc2c1)C(Cl)(Cl)Cl. The van der Waals surface area contributed by atoms with Crippen LogP contribution in [0.1, 0.15) is 0 Å². The summed E-state index contributed by atoms with van der Waals surface area (Å²) in [7, 11) is 0. The minimum absolute atomic E-state index is 0.142. The molecule has 118 valence electrons. The van der Waals surface area contributed by atoms with Crippen molar-refractivity contribution in [2.45, 2.75) is 3.79 Å². The van der Waals surface area contributed by atoms with Crippen molar-refractivity contribution in [3.05, 3.63) is 48.3 Å². The molecule has 1 amide bonds. The number of aromatic nitrogens is 1. The highest BCUT2D eigenvalue weighted by molar-refractivity contribution is 6.76. The first-order valence-electron chi connectivity index (χ1n) is 6.38. The van der Waals surface area contributed by atoms with E-state index in [-0.39, 0.29) is 11.5 Å². The Morgan fingerprint density at radius 2 is 1.91 bits per heavy atom. The molecule has 0 spiro atoms. The maximum atomic E-state index is 13.8. The van der Waals surface area contributed by atoms with Crippen molar-refractivity contribution in [2.24, 2.45) is 0 Å². The van der Waals surface area contributed by atoms with Crippen LogP contribution in [0.15, 0.2) is 46.9 Å². The lowest BCUT2D eigenvalue weighted by molar-refractivity contribution is -0.115. The molecule has 4 nitrogen and oxygen atoms in total. The summed E-state index contributed by atoms with van der Waals surface area (Å²) < 4.78 is 17.2. The molecule has 0 radical (unpaired) electrons. The lowest BCUT2D eigenvalue weighted by Crippen LogP contribution is -2.26. The third-order valence-corrected chi connectivity index (χ3v) is 3.52. The van der Waals surface area contributed by atoms with Gasteiger partial charge in [0, 0.05) is 5.69 Å². The fourth-order valence-corrected chi connectivity index (χ4v) is 2.10. The highest BCUT2D eigenvalue weighted by Crippen LogP contribution is 2.30. The van der Waals surface area contributed by atoms with E-state index < -0.39 is 15.5 Å². The van der Waals surface area contributed by atoms with Gasteiger partial charge in [-0.05, 0) is 30.3 Å². The molecule has 0 saturated heterocycles. The number of anilines is 1. The summed E-state index contributed by atoms with van der Waals surface area (Å²) in [6, 6.07) is 10.8. The Bertz CT molecular complexity index is 890. The molecule has 3 aromatic rings. The standard InChI is InChI=1S/C15H8Cl3FN2O2/c16-15(17,18)14(22)20-8-5-6-12-11(7-8)21-13(23-12)9-3-1-2-4-10(9)19/h1-7H,(H,20,22). The highest BCUT2D eigenvalue weighted by Gasteiger charge is 2.30. The third kappa shape index (κ3) is 3.42. The molecule has 3 rings (SSSR count). The van der Waals surface area contributed by atoms with Gasteiger partial charge >= 0.3 is 0 Å². The molecular weight excluding hydrogens is 366 g/mol. The molecule has 0 unspecified atom stereocenters. The quantitative estimate of drug-likeness (QED) is 0.647. The Morgan fingerprint density at radius 3 is 2.61 bits per heavy atom. The molecule has 23 heavy (non-hydrogen) atoms. The number of oxazole rings is 1. The monoisotopic (exact) mass is 372 g/mol. The summed E-state index contributed by atoms with van der Waals surface area (Å²) in [5.74, 6) is -1.09. The van der Waals surface area contributed by atoms with Gasteiger partial charge < -0.3 is 9.73 Å². The van der Waals surface area contributed by atoms with Gasteiger partial charge in [-0.25, -0.2) is 9.37 Å². The molecule has 2 aromatic carbocycles. The zero-order valence-corrected chi connectivity index (χ0v) is 13.6. The van der Waals surface area contributed by atoms with Gasteiger partial charge in [0.15, 0.2) is 5.58 Å². The molecule has 8 heteroatoms. The summed E-state index contributed by atoms with van der Waals surface area (Å²) in [5, 5.41) is 2.44. The maximum absolute atomic E-state index is 13.8. The van der Waals surface area contributed by atoms with E-state index in [0.29, 0.717) is 16.8 Å². The zero-order chi connectivity index (χ0) is 16.6.